The number of aliphatic carboxylic acids is 1. The molecule has 1 aliphatic rings. The van der Waals surface area contributed by atoms with E-state index >= 15 is 0 Å². The molecule has 4 nitrogen and oxygen atoms in total. The summed E-state index contributed by atoms with van der Waals surface area (Å²) in [4.78, 5) is 23.3. The molecule has 0 radical (unpaired) electrons. The minimum atomic E-state index is -0.948. The number of nitrogens with one attached hydrogen (secondary N) is 1. The van der Waals surface area contributed by atoms with Gasteiger partial charge in [-0.05, 0) is 32.3 Å². The topological polar surface area (TPSA) is 66.4 Å². The first kappa shape index (κ1) is 13.7. The molecule has 0 saturated heterocycles. The van der Waals surface area contributed by atoms with E-state index in [2.05, 4.69) is 5.32 Å². The van der Waals surface area contributed by atoms with E-state index in [0.29, 0.717) is 11.6 Å². The van der Waals surface area contributed by atoms with Crippen molar-refractivity contribution in [1.82, 2.24) is 5.32 Å². The molecule has 0 aliphatic heterocycles. The second-order valence-electron chi connectivity index (χ2n) is 5.27. The third kappa shape index (κ3) is 3.64. The van der Waals surface area contributed by atoms with Gasteiger partial charge in [0.2, 0.25) is 0 Å². The van der Waals surface area contributed by atoms with E-state index in [-0.39, 0.29) is 12.2 Å². The van der Waals surface area contributed by atoms with Gasteiger partial charge in [-0.15, -0.1) is 0 Å². The van der Waals surface area contributed by atoms with E-state index in [0.717, 1.165) is 24.0 Å². The summed E-state index contributed by atoms with van der Waals surface area (Å²) in [7, 11) is 0. The molecule has 0 amide bonds. The van der Waals surface area contributed by atoms with Gasteiger partial charge in [0, 0.05) is 11.6 Å². The van der Waals surface area contributed by atoms with Crippen molar-refractivity contribution in [2.24, 2.45) is 0 Å². The summed E-state index contributed by atoms with van der Waals surface area (Å²) < 4.78 is 0. The van der Waals surface area contributed by atoms with Crippen molar-refractivity contribution in [3.8, 4) is 0 Å². The lowest BCUT2D eigenvalue weighted by atomic mass is 9.96. The lowest BCUT2D eigenvalue weighted by Crippen LogP contribution is -2.40. The monoisotopic (exact) mass is 261 g/mol. The number of carboxylic acids is 1. The van der Waals surface area contributed by atoms with Gasteiger partial charge in [-0.2, -0.15) is 0 Å². The molecule has 1 aliphatic carbocycles. The van der Waals surface area contributed by atoms with E-state index in [1.165, 1.54) is 0 Å². The van der Waals surface area contributed by atoms with Crippen molar-refractivity contribution in [2.75, 3.05) is 0 Å². The van der Waals surface area contributed by atoms with Crippen LogP contribution in [-0.4, -0.2) is 28.9 Å². The maximum atomic E-state index is 12.4. The first-order valence-corrected chi connectivity index (χ1v) is 6.56. The molecule has 0 bridgehead atoms. The Morgan fingerprint density at radius 1 is 1.37 bits per heavy atom. The molecule has 102 valence electrons. The van der Waals surface area contributed by atoms with Gasteiger partial charge >= 0.3 is 5.97 Å². The van der Waals surface area contributed by atoms with Crippen molar-refractivity contribution in [1.29, 1.82) is 0 Å². The number of ketones is 1. The van der Waals surface area contributed by atoms with Gasteiger partial charge in [0.05, 0.1) is 12.5 Å². The number of carbonyl (C=O) groups excluding carboxylic acids is 1. The van der Waals surface area contributed by atoms with Gasteiger partial charge in [0.1, 0.15) is 0 Å². The number of carbonyl (C=O) groups is 2. The quantitative estimate of drug-likeness (QED) is 0.769. The Morgan fingerprint density at radius 3 is 2.58 bits per heavy atom. The Morgan fingerprint density at radius 2 is 2.05 bits per heavy atom. The van der Waals surface area contributed by atoms with Crippen molar-refractivity contribution < 1.29 is 14.7 Å². The minimum absolute atomic E-state index is 0.119. The number of rotatable bonds is 6. The summed E-state index contributed by atoms with van der Waals surface area (Å²) >= 11 is 0. The normalized spacial score (nSPS) is 16.1. The Bertz CT molecular complexity index is 506. The van der Waals surface area contributed by atoms with Crippen LogP contribution in [0.15, 0.2) is 18.2 Å². The van der Waals surface area contributed by atoms with Crippen LogP contribution < -0.4 is 5.32 Å². The fraction of sp³-hybridized carbons (Fsp3) is 0.467. The van der Waals surface area contributed by atoms with Crippen LogP contribution in [-0.2, 0) is 4.79 Å². The Hall–Kier alpha value is -1.68. The van der Waals surface area contributed by atoms with E-state index in [1.807, 2.05) is 26.0 Å². The summed E-state index contributed by atoms with van der Waals surface area (Å²) in [5, 5.41) is 12.1. The lowest BCUT2D eigenvalue weighted by molar-refractivity contribution is -0.137. The van der Waals surface area contributed by atoms with Gasteiger partial charge < -0.3 is 10.4 Å². The molecule has 0 spiro atoms. The summed E-state index contributed by atoms with van der Waals surface area (Å²) in [5.41, 5.74) is 2.61. The summed E-state index contributed by atoms with van der Waals surface area (Å²) in [5.74, 6) is -1.07. The van der Waals surface area contributed by atoms with Crippen molar-refractivity contribution in [2.45, 2.75) is 45.2 Å². The van der Waals surface area contributed by atoms with Crippen molar-refractivity contribution >= 4 is 11.8 Å². The van der Waals surface area contributed by atoms with E-state index in [1.54, 1.807) is 6.07 Å². The van der Waals surface area contributed by atoms with Crippen LogP contribution in [0.5, 0.6) is 0 Å². The second-order valence-corrected chi connectivity index (χ2v) is 5.27. The molecular formula is C15H19NO3. The zero-order valence-electron chi connectivity index (χ0n) is 11.3. The molecule has 1 aromatic rings. The van der Waals surface area contributed by atoms with Crippen molar-refractivity contribution in [3.05, 3.63) is 34.9 Å². The summed E-state index contributed by atoms with van der Waals surface area (Å²) in [6, 6.07) is 5.30. The molecule has 1 aromatic carbocycles. The van der Waals surface area contributed by atoms with E-state index in [4.69, 9.17) is 5.11 Å². The molecule has 19 heavy (non-hydrogen) atoms. The molecule has 4 heteroatoms. The first-order chi connectivity index (χ1) is 8.97. The van der Waals surface area contributed by atoms with Crippen LogP contribution in [0.1, 0.15) is 40.7 Å². The number of benzene rings is 1. The average Bonchev–Trinajstić information content (AvgIpc) is 3.10. The predicted molar refractivity (Wildman–Crippen MR) is 72.4 cm³/mol. The summed E-state index contributed by atoms with van der Waals surface area (Å²) in [6.07, 6.45) is 1.88. The first-order valence-electron chi connectivity index (χ1n) is 6.56. The number of Topliss-reactive ketones (excluding diaryl/α,β-unsaturated/α-hetero) is 1. The van der Waals surface area contributed by atoms with Crippen LogP contribution in [0.2, 0.25) is 0 Å². The minimum Gasteiger partial charge on any atom is -0.481 e. The second kappa shape index (κ2) is 5.53. The van der Waals surface area contributed by atoms with E-state index < -0.39 is 12.0 Å². The fourth-order valence-corrected chi connectivity index (χ4v) is 2.21. The van der Waals surface area contributed by atoms with E-state index in [9.17, 15) is 9.59 Å². The van der Waals surface area contributed by atoms with Gasteiger partial charge in [-0.25, -0.2) is 0 Å². The molecular weight excluding hydrogens is 242 g/mol. The molecule has 2 rings (SSSR count). The van der Waals surface area contributed by atoms with Gasteiger partial charge in [0.25, 0.3) is 0 Å². The Labute approximate surface area is 112 Å². The number of hydrogen-bond donors (Lipinski definition) is 2. The zero-order valence-corrected chi connectivity index (χ0v) is 11.3. The van der Waals surface area contributed by atoms with Gasteiger partial charge in [-0.3, -0.25) is 9.59 Å². The van der Waals surface area contributed by atoms with Gasteiger partial charge in [-0.1, -0.05) is 23.8 Å². The van der Waals surface area contributed by atoms with Gasteiger partial charge in [0.15, 0.2) is 5.78 Å². The zero-order chi connectivity index (χ0) is 14.0. The maximum absolute atomic E-state index is 12.4. The lowest BCUT2D eigenvalue weighted by Gasteiger charge is -2.17. The van der Waals surface area contributed by atoms with Crippen LogP contribution in [0.3, 0.4) is 0 Å². The van der Waals surface area contributed by atoms with Crippen LogP contribution in [0.4, 0.5) is 0 Å². The smallest absolute Gasteiger partial charge is 0.305 e. The largest absolute Gasteiger partial charge is 0.481 e. The standard InChI is InChI=1S/C15H19NO3/c1-9-3-6-12(10(2)7-9)15(19)13(8-14(17)18)16-11-4-5-11/h3,6-7,11,13,16H,4-5,8H2,1-2H3,(H,17,18). The number of aryl methyl sites for hydroxylation is 2. The maximum Gasteiger partial charge on any atom is 0.305 e. The fourth-order valence-electron chi connectivity index (χ4n) is 2.21. The van der Waals surface area contributed by atoms with Crippen LogP contribution >= 0.6 is 0 Å². The molecule has 1 atom stereocenters. The highest BCUT2D eigenvalue weighted by molar-refractivity contribution is 6.02. The highest BCUT2D eigenvalue weighted by Gasteiger charge is 2.30. The number of carboxylic acid groups (broad SMARTS) is 1. The third-order valence-electron chi connectivity index (χ3n) is 3.36. The summed E-state index contributed by atoms with van der Waals surface area (Å²) in [6.45, 7) is 3.85. The Kier molecular flexibility index (Phi) is 4.00. The molecule has 2 N–H and O–H groups in total. The highest BCUT2D eigenvalue weighted by Crippen LogP contribution is 2.22. The molecule has 1 saturated carbocycles. The molecule has 0 heterocycles. The molecule has 1 fully saturated rings. The van der Waals surface area contributed by atoms with Crippen LogP contribution in [0.25, 0.3) is 0 Å². The highest BCUT2D eigenvalue weighted by atomic mass is 16.4. The Balaban J connectivity index is 2.19. The molecule has 1 unspecified atom stereocenters. The average molecular weight is 261 g/mol. The predicted octanol–water partition coefficient (Wildman–Crippen LogP) is 2.08. The van der Waals surface area contributed by atoms with Crippen molar-refractivity contribution in [3.63, 3.8) is 0 Å². The SMILES string of the molecule is Cc1ccc(C(=O)C(CC(=O)O)NC2CC2)c(C)c1. The van der Waals surface area contributed by atoms with Crippen LogP contribution in [0, 0.1) is 13.8 Å². The number of hydrogen-bond acceptors (Lipinski definition) is 3. The molecule has 0 aromatic heterocycles. The third-order valence-corrected chi connectivity index (χ3v) is 3.36.